The van der Waals surface area contributed by atoms with Gasteiger partial charge in [0, 0.05) is 25.2 Å². The maximum absolute atomic E-state index is 13.0. The predicted octanol–water partition coefficient (Wildman–Crippen LogP) is 1.21. The fourth-order valence-corrected chi connectivity index (χ4v) is 5.65. The number of nitrogens with zero attached hydrogens (tertiary/aromatic N) is 2. The zero-order valence-electron chi connectivity index (χ0n) is 19.5. The van der Waals surface area contributed by atoms with Crippen LogP contribution < -0.4 is 16.0 Å². The fraction of sp³-hybridized carbons (Fsp3) is 0.600. The van der Waals surface area contributed by atoms with E-state index < -0.39 is 23.8 Å². The molecule has 9 nitrogen and oxygen atoms in total. The zero-order valence-corrected chi connectivity index (χ0v) is 19.5. The number of hydrogen-bond donors (Lipinski definition) is 3. The van der Waals surface area contributed by atoms with Gasteiger partial charge in [-0.1, -0.05) is 0 Å². The molecule has 0 saturated carbocycles. The van der Waals surface area contributed by atoms with E-state index in [9.17, 15) is 19.2 Å². The Morgan fingerprint density at radius 3 is 2.35 bits per heavy atom. The van der Waals surface area contributed by atoms with Gasteiger partial charge in [-0.2, -0.15) is 0 Å². The standard InChI is InChI=1S/C25H33N5O4/c31-22-4-3-21(23(32)28-22)30-24(33)19-2-1-18(13-20(19)25(30)34)27-14-16-7-11-29(12-8-16)15-17-5-9-26-10-6-17/h1-2,13,16-17,21,26-27H,3-12,14-15H2,(H,28,31,32). The van der Waals surface area contributed by atoms with Crippen LogP contribution in [0.25, 0.3) is 0 Å². The lowest BCUT2D eigenvalue weighted by Gasteiger charge is -2.35. The summed E-state index contributed by atoms with van der Waals surface area (Å²) < 4.78 is 0. The van der Waals surface area contributed by atoms with Crippen LogP contribution in [0, 0.1) is 11.8 Å². The minimum atomic E-state index is -0.934. The van der Waals surface area contributed by atoms with Crippen molar-refractivity contribution in [3.05, 3.63) is 29.3 Å². The van der Waals surface area contributed by atoms with E-state index in [0.29, 0.717) is 17.0 Å². The van der Waals surface area contributed by atoms with Crippen LogP contribution in [0.15, 0.2) is 18.2 Å². The van der Waals surface area contributed by atoms with Crippen LogP contribution in [0.1, 0.15) is 59.2 Å². The van der Waals surface area contributed by atoms with Gasteiger partial charge in [0.25, 0.3) is 11.8 Å². The van der Waals surface area contributed by atoms with Gasteiger partial charge >= 0.3 is 0 Å². The van der Waals surface area contributed by atoms with Crippen molar-refractivity contribution in [1.82, 2.24) is 20.4 Å². The SMILES string of the molecule is O=C1CCC(N2C(=O)c3ccc(NCC4CCN(CC5CCNCC5)CC4)cc3C2=O)C(=O)N1. The molecule has 4 amide bonds. The molecule has 0 spiro atoms. The molecular weight excluding hydrogens is 434 g/mol. The number of likely N-dealkylation sites (tertiary alicyclic amines) is 1. The summed E-state index contributed by atoms with van der Waals surface area (Å²) in [5.74, 6) is -0.499. The number of rotatable bonds is 6. The smallest absolute Gasteiger partial charge is 0.262 e. The van der Waals surface area contributed by atoms with E-state index in [-0.39, 0.29) is 18.7 Å². The van der Waals surface area contributed by atoms with Crippen LogP contribution in [-0.2, 0) is 9.59 Å². The van der Waals surface area contributed by atoms with E-state index in [0.717, 1.165) is 62.1 Å². The van der Waals surface area contributed by atoms with Gasteiger partial charge in [-0.3, -0.25) is 29.4 Å². The summed E-state index contributed by atoms with van der Waals surface area (Å²) in [4.78, 5) is 53.1. The van der Waals surface area contributed by atoms with Gasteiger partial charge in [-0.15, -0.1) is 0 Å². The lowest BCUT2D eigenvalue weighted by Crippen LogP contribution is -2.54. The summed E-state index contributed by atoms with van der Waals surface area (Å²) >= 11 is 0. The summed E-state index contributed by atoms with van der Waals surface area (Å²) in [6, 6.07) is 4.26. The third-order valence-corrected chi connectivity index (χ3v) is 7.72. The Morgan fingerprint density at radius 2 is 1.62 bits per heavy atom. The Kier molecular flexibility index (Phi) is 6.65. The average molecular weight is 468 g/mol. The third-order valence-electron chi connectivity index (χ3n) is 7.72. The Balaban J connectivity index is 1.15. The molecule has 1 aromatic rings. The highest BCUT2D eigenvalue weighted by atomic mass is 16.2. The minimum absolute atomic E-state index is 0.118. The van der Waals surface area contributed by atoms with Crippen molar-refractivity contribution in [2.45, 2.75) is 44.6 Å². The molecule has 1 unspecified atom stereocenters. The largest absolute Gasteiger partial charge is 0.385 e. The number of fused-ring (bicyclic) bond motifs is 1. The van der Waals surface area contributed by atoms with Gasteiger partial charge in [-0.25, -0.2) is 0 Å². The van der Waals surface area contributed by atoms with Gasteiger partial charge in [0.1, 0.15) is 6.04 Å². The minimum Gasteiger partial charge on any atom is -0.385 e. The van der Waals surface area contributed by atoms with E-state index in [4.69, 9.17) is 0 Å². The van der Waals surface area contributed by atoms with Crippen molar-refractivity contribution in [3.8, 4) is 0 Å². The number of nitrogens with one attached hydrogen (secondary N) is 3. The van der Waals surface area contributed by atoms with Crippen molar-refractivity contribution in [2.75, 3.05) is 44.6 Å². The van der Waals surface area contributed by atoms with Crippen LogP contribution in [0.5, 0.6) is 0 Å². The Bertz CT molecular complexity index is 982. The van der Waals surface area contributed by atoms with E-state index in [1.54, 1.807) is 12.1 Å². The van der Waals surface area contributed by atoms with Crippen LogP contribution >= 0.6 is 0 Å². The number of amides is 4. The molecule has 9 heteroatoms. The quantitative estimate of drug-likeness (QED) is 0.540. The second-order valence-corrected chi connectivity index (χ2v) is 10.0. The average Bonchev–Trinajstić information content (AvgIpc) is 3.09. The van der Waals surface area contributed by atoms with Crippen LogP contribution in [0.2, 0.25) is 0 Å². The normalized spacial score (nSPS) is 24.9. The van der Waals surface area contributed by atoms with Gasteiger partial charge in [-0.05, 0) is 88.3 Å². The lowest BCUT2D eigenvalue weighted by molar-refractivity contribution is -0.136. The number of benzene rings is 1. The molecule has 5 rings (SSSR count). The first kappa shape index (κ1) is 23.0. The first-order valence-electron chi connectivity index (χ1n) is 12.5. The number of piperidine rings is 3. The molecule has 182 valence electrons. The number of hydrogen-bond acceptors (Lipinski definition) is 7. The zero-order chi connectivity index (χ0) is 23.7. The van der Waals surface area contributed by atoms with Crippen molar-refractivity contribution >= 4 is 29.3 Å². The molecule has 1 atom stereocenters. The molecule has 0 aliphatic carbocycles. The Labute approximate surface area is 199 Å². The highest BCUT2D eigenvalue weighted by molar-refractivity contribution is 6.23. The summed E-state index contributed by atoms with van der Waals surface area (Å²) in [6.07, 6.45) is 5.15. The second kappa shape index (κ2) is 9.84. The molecule has 3 N–H and O–H groups in total. The molecule has 4 heterocycles. The molecule has 1 aromatic carbocycles. The fourth-order valence-electron chi connectivity index (χ4n) is 5.65. The summed E-state index contributed by atoms with van der Waals surface area (Å²) in [6.45, 7) is 6.60. The highest BCUT2D eigenvalue weighted by Gasteiger charge is 2.44. The highest BCUT2D eigenvalue weighted by Crippen LogP contribution is 2.30. The molecule has 0 radical (unpaired) electrons. The molecule has 3 saturated heterocycles. The van der Waals surface area contributed by atoms with Gasteiger partial charge in [0.05, 0.1) is 11.1 Å². The molecule has 34 heavy (non-hydrogen) atoms. The first-order valence-corrected chi connectivity index (χ1v) is 12.5. The number of imide groups is 2. The van der Waals surface area contributed by atoms with Crippen LogP contribution in [-0.4, -0.2) is 78.7 Å². The summed E-state index contributed by atoms with van der Waals surface area (Å²) in [7, 11) is 0. The van der Waals surface area contributed by atoms with Crippen molar-refractivity contribution in [3.63, 3.8) is 0 Å². The van der Waals surface area contributed by atoms with Crippen molar-refractivity contribution in [2.24, 2.45) is 11.8 Å². The molecule has 4 aliphatic rings. The molecule has 4 aliphatic heterocycles. The van der Waals surface area contributed by atoms with E-state index >= 15 is 0 Å². The molecule has 0 bridgehead atoms. The topological polar surface area (TPSA) is 111 Å². The maximum atomic E-state index is 13.0. The van der Waals surface area contributed by atoms with Gasteiger partial charge in [0.15, 0.2) is 0 Å². The predicted molar refractivity (Wildman–Crippen MR) is 126 cm³/mol. The van der Waals surface area contributed by atoms with Crippen molar-refractivity contribution < 1.29 is 19.2 Å². The van der Waals surface area contributed by atoms with Crippen LogP contribution in [0.3, 0.4) is 0 Å². The summed E-state index contributed by atoms with van der Waals surface area (Å²) in [5, 5.41) is 9.11. The molecular formula is C25H33N5O4. The number of anilines is 1. The molecule has 0 aromatic heterocycles. The second-order valence-electron chi connectivity index (χ2n) is 10.0. The lowest BCUT2D eigenvalue weighted by atomic mass is 9.93. The summed E-state index contributed by atoms with van der Waals surface area (Å²) in [5.41, 5.74) is 1.44. The van der Waals surface area contributed by atoms with Gasteiger partial charge in [0.2, 0.25) is 11.8 Å². The van der Waals surface area contributed by atoms with Crippen LogP contribution in [0.4, 0.5) is 5.69 Å². The number of carbonyl (C=O) groups excluding carboxylic acids is 4. The Hall–Kier alpha value is -2.78. The van der Waals surface area contributed by atoms with E-state index in [2.05, 4.69) is 20.9 Å². The van der Waals surface area contributed by atoms with Gasteiger partial charge < -0.3 is 15.5 Å². The Morgan fingerprint density at radius 1 is 0.882 bits per heavy atom. The van der Waals surface area contributed by atoms with E-state index in [1.807, 2.05) is 6.07 Å². The third kappa shape index (κ3) is 4.72. The first-order chi connectivity index (χ1) is 16.5. The number of carbonyl (C=O) groups is 4. The maximum Gasteiger partial charge on any atom is 0.262 e. The van der Waals surface area contributed by atoms with Crippen molar-refractivity contribution in [1.29, 1.82) is 0 Å². The van der Waals surface area contributed by atoms with E-state index in [1.165, 1.54) is 19.4 Å². The monoisotopic (exact) mass is 467 g/mol. The molecule has 3 fully saturated rings.